The van der Waals surface area contributed by atoms with Crippen molar-refractivity contribution >= 4 is 11.3 Å². The molecule has 0 aromatic carbocycles. The van der Waals surface area contributed by atoms with Crippen LogP contribution in [0.15, 0.2) is 30.5 Å². The fourth-order valence-electron chi connectivity index (χ4n) is 3.82. The molecule has 0 spiro atoms. The Bertz CT molecular complexity index is 975. The number of aryl methyl sites for hydroxylation is 2. The first-order chi connectivity index (χ1) is 15.4. The topological polar surface area (TPSA) is 41.6 Å². The van der Waals surface area contributed by atoms with Crippen LogP contribution in [-0.4, -0.2) is 15.2 Å². The zero-order chi connectivity index (χ0) is 23.0. The number of nitrogens with one attached hydrogen (secondary N) is 1. The highest BCUT2D eigenvalue weighted by atomic mass is 32.1. The van der Waals surface area contributed by atoms with Crippen LogP contribution in [0, 0.1) is 0 Å². The lowest BCUT2D eigenvalue weighted by atomic mass is 10.0. The minimum Gasteiger partial charge on any atom is -0.276 e. The van der Waals surface area contributed by atoms with E-state index in [1.807, 2.05) is 23.5 Å². The molecule has 1 N–H and O–H groups in total. The summed E-state index contributed by atoms with van der Waals surface area (Å²) in [6, 6.07) is 7.11. The maximum Gasteiger partial charge on any atom is 0.435 e. The van der Waals surface area contributed by atoms with Gasteiger partial charge in [-0.1, -0.05) is 52.4 Å². The third kappa shape index (κ3) is 6.67. The number of aromatic nitrogens is 3. The molecule has 0 unspecified atom stereocenters. The molecule has 0 atom stereocenters. The quantitative estimate of drug-likeness (QED) is 0.274. The third-order valence-corrected chi connectivity index (χ3v) is 6.86. The van der Waals surface area contributed by atoms with Crippen molar-refractivity contribution in [1.29, 1.82) is 0 Å². The highest BCUT2D eigenvalue weighted by Crippen LogP contribution is 2.36. The van der Waals surface area contributed by atoms with Crippen LogP contribution in [-0.2, 0) is 19.0 Å². The van der Waals surface area contributed by atoms with Crippen LogP contribution < -0.4 is 0 Å². The van der Waals surface area contributed by atoms with E-state index in [0.717, 1.165) is 30.9 Å². The SMILES string of the molecule is CCCCCCc1cc(-c2ccnc(-c3cc(C(F)(F)F)n[nH]3)c2)c(CCCCCC)s1. The molecule has 0 bridgehead atoms. The average Bonchev–Trinajstić information content (AvgIpc) is 3.42. The van der Waals surface area contributed by atoms with Gasteiger partial charge in [-0.15, -0.1) is 11.3 Å². The smallest absolute Gasteiger partial charge is 0.276 e. The van der Waals surface area contributed by atoms with Gasteiger partial charge in [0.15, 0.2) is 5.69 Å². The zero-order valence-electron chi connectivity index (χ0n) is 18.9. The number of aromatic amines is 1. The third-order valence-electron chi connectivity index (χ3n) is 5.61. The number of pyridine rings is 1. The summed E-state index contributed by atoms with van der Waals surface area (Å²) in [6.07, 6.45) is 9.06. The van der Waals surface area contributed by atoms with Gasteiger partial charge in [0.25, 0.3) is 0 Å². The van der Waals surface area contributed by atoms with Gasteiger partial charge in [-0.05, 0) is 61.1 Å². The van der Waals surface area contributed by atoms with Gasteiger partial charge in [0, 0.05) is 16.0 Å². The van der Waals surface area contributed by atoms with Crippen molar-refractivity contribution in [3.63, 3.8) is 0 Å². The van der Waals surface area contributed by atoms with Crippen LogP contribution in [0.1, 0.15) is 80.7 Å². The first kappa shape index (κ1) is 24.5. The summed E-state index contributed by atoms with van der Waals surface area (Å²) in [5.74, 6) is 0. The van der Waals surface area contributed by atoms with Crippen LogP contribution in [0.4, 0.5) is 13.2 Å². The molecular weight excluding hydrogens is 431 g/mol. The number of rotatable bonds is 12. The van der Waals surface area contributed by atoms with E-state index in [-0.39, 0.29) is 5.69 Å². The average molecular weight is 464 g/mol. The van der Waals surface area contributed by atoms with E-state index < -0.39 is 11.9 Å². The number of unbranched alkanes of at least 4 members (excludes halogenated alkanes) is 6. The standard InChI is InChI=1S/C25H32F3N3S/c1-3-5-7-9-11-19-16-20(23(32-19)12-10-8-6-4-2)18-13-14-29-21(15-18)22-17-24(31-30-22)25(26,27)28/h13-17H,3-12H2,1-2H3,(H,30,31). The highest BCUT2D eigenvalue weighted by molar-refractivity contribution is 7.12. The second-order valence-corrected chi connectivity index (χ2v) is 9.49. The van der Waals surface area contributed by atoms with Crippen molar-refractivity contribution in [2.45, 2.75) is 84.2 Å². The van der Waals surface area contributed by atoms with Crippen molar-refractivity contribution in [3.8, 4) is 22.5 Å². The molecule has 3 heterocycles. The van der Waals surface area contributed by atoms with Crippen LogP contribution in [0.3, 0.4) is 0 Å². The van der Waals surface area contributed by atoms with Gasteiger partial charge in [0.1, 0.15) is 0 Å². The number of H-pyrrole nitrogens is 1. The van der Waals surface area contributed by atoms with Crippen LogP contribution in [0.2, 0.25) is 0 Å². The van der Waals surface area contributed by atoms with E-state index in [1.54, 1.807) is 6.20 Å². The molecule has 0 saturated heterocycles. The van der Waals surface area contributed by atoms with Gasteiger partial charge in [-0.3, -0.25) is 10.1 Å². The van der Waals surface area contributed by atoms with E-state index in [2.05, 4.69) is 35.1 Å². The molecule has 3 aromatic heterocycles. The summed E-state index contributed by atoms with van der Waals surface area (Å²) in [4.78, 5) is 7.04. The first-order valence-electron chi connectivity index (χ1n) is 11.6. The van der Waals surface area contributed by atoms with Crippen LogP contribution in [0.25, 0.3) is 22.5 Å². The van der Waals surface area contributed by atoms with E-state index in [0.29, 0.717) is 5.69 Å². The maximum atomic E-state index is 12.9. The van der Waals surface area contributed by atoms with Gasteiger partial charge < -0.3 is 0 Å². The molecular formula is C25H32F3N3S. The minimum atomic E-state index is -4.47. The Morgan fingerprint density at radius 3 is 2.28 bits per heavy atom. The highest BCUT2D eigenvalue weighted by Gasteiger charge is 2.34. The van der Waals surface area contributed by atoms with Crippen molar-refractivity contribution in [3.05, 3.63) is 45.9 Å². The molecule has 3 aromatic rings. The monoisotopic (exact) mass is 463 g/mol. The van der Waals surface area contributed by atoms with Gasteiger partial charge in [0.2, 0.25) is 0 Å². The Kier molecular flexibility index (Phi) is 8.91. The fraction of sp³-hybridized carbons (Fsp3) is 0.520. The van der Waals surface area contributed by atoms with Gasteiger partial charge >= 0.3 is 6.18 Å². The molecule has 0 fully saturated rings. The molecule has 0 amide bonds. The molecule has 0 aliphatic heterocycles. The number of halogens is 3. The van der Waals surface area contributed by atoms with Crippen LogP contribution >= 0.6 is 11.3 Å². The summed E-state index contributed by atoms with van der Waals surface area (Å²) >= 11 is 1.89. The molecule has 3 rings (SSSR count). The van der Waals surface area contributed by atoms with E-state index in [1.165, 1.54) is 60.3 Å². The molecule has 0 saturated carbocycles. The largest absolute Gasteiger partial charge is 0.435 e. The molecule has 7 heteroatoms. The number of alkyl halides is 3. The Labute approximate surface area is 192 Å². The lowest BCUT2D eigenvalue weighted by Gasteiger charge is -2.06. The summed E-state index contributed by atoms with van der Waals surface area (Å²) in [7, 11) is 0. The molecule has 0 aliphatic rings. The predicted molar refractivity (Wildman–Crippen MR) is 126 cm³/mol. The number of thiophene rings is 1. The molecule has 174 valence electrons. The predicted octanol–water partition coefficient (Wildman–Crippen LogP) is 8.46. The van der Waals surface area contributed by atoms with E-state index in [4.69, 9.17) is 0 Å². The summed E-state index contributed by atoms with van der Waals surface area (Å²) in [6.45, 7) is 4.43. The van der Waals surface area contributed by atoms with Crippen molar-refractivity contribution in [2.24, 2.45) is 0 Å². The van der Waals surface area contributed by atoms with Crippen molar-refractivity contribution < 1.29 is 13.2 Å². The number of hydrogen-bond donors (Lipinski definition) is 1. The number of nitrogens with zero attached hydrogens (tertiary/aromatic N) is 2. The molecule has 3 nitrogen and oxygen atoms in total. The second-order valence-electron chi connectivity index (χ2n) is 8.27. The summed E-state index contributed by atoms with van der Waals surface area (Å²) < 4.78 is 38.8. The fourth-order valence-corrected chi connectivity index (χ4v) is 5.09. The first-order valence-corrected chi connectivity index (χ1v) is 12.4. The van der Waals surface area contributed by atoms with Gasteiger partial charge in [-0.2, -0.15) is 18.3 Å². The Balaban J connectivity index is 1.85. The van der Waals surface area contributed by atoms with Crippen molar-refractivity contribution in [1.82, 2.24) is 15.2 Å². The summed E-state index contributed by atoms with van der Waals surface area (Å²) in [5.41, 5.74) is 2.01. The Hall–Kier alpha value is -2.15. The van der Waals surface area contributed by atoms with E-state index >= 15 is 0 Å². The molecule has 0 aliphatic carbocycles. The molecule has 32 heavy (non-hydrogen) atoms. The van der Waals surface area contributed by atoms with Crippen molar-refractivity contribution in [2.75, 3.05) is 0 Å². The minimum absolute atomic E-state index is 0.277. The zero-order valence-corrected chi connectivity index (χ0v) is 19.7. The normalized spacial score (nSPS) is 11.9. The lowest BCUT2D eigenvalue weighted by molar-refractivity contribution is -0.141. The van der Waals surface area contributed by atoms with Gasteiger partial charge in [-0.25, -0.2) is 0 Å². The van der Waals surface area contributed by atoms with Gasteiger partial charge in [0.05, 0.1) is 11.4 Å². The number of hydrogen-bond acceptors (Lipinski definition) is 3. The van der Waals surface area contributed by atoms with Crippen LogP contribution in [0.5, 0.6) is 0 Å². The lowest BCUT2D eigenvalue weighted by Crippen LogP contribution is -2.04. The second kappa shape index (κ2) is 11.6. The Morgan fingerprint density at radius 2 is 1.62 bits per heavy atom. The maximum absolute atomic E-state index is 12.9. The summed E-state index contributed by atoms with van der Waals surface area (Å²) in [5, 5.41) is 5.89. The molecule has 0 radical (unpaired) electrons. The van der Waals surface area contributed by atoms with E-state index in [9.17, 15) is 13.2 Å². The Morgan fingerprint density at radius 1 is 0.906 bits per heavy atom.